The molecule has 0 bridgehead atoms. The van der Waals surface area contributed by atoms with Crippen molar-refractivity contribution >= 4 is 23.8 Å². The Labute approximate surface area is 198 Å². The van der Waals surface area contributed by atoms with Gasteiger partial charge in [-0.25, -0.2) is 14.0 Å². The fourth-order valence-electron chi connectivity index (χ4n) is 3.56. The number of cyclic esters (lactones) is 1. The first-order valence-electron chi connectivity index (χ1n) is 11.1. The molecular weight excluding hydrogens is 445 g/mol. The van der Waals surface area contributed by atoms with Gasteiger partial charge >= 0.3 is 12.2 Å². The monoisotopic (exact) mass is 475 g/mol. The topological polar surface area (TPSA) is 108 Å². The van der Waals surface area contributed by atoms with Crippen molar-refractivity contribution in [3.63, 3.8) is 0 Å². The molecule has 0 aliphatic carbocycles. The Morgan fingerprint density at radius 2 is 2.00 bits per heavy atom. The van der Waals surface area contributed by atoms with Crippen LogP contribution in [0.4, 0.5) is 19.7 Å². The minimum absolute atomic E-state index is 0.0779. The van der Waals surface area contributed by atoms with Gasteiger partial charge in [-0.05, 0) is 39.0 Å². The Bertz CT molecular complexity index is 1020. The number of nitrogens with zero attached hydrogens (tertiary/aromatic N) is 2. The van der Waals surface area contributed by atoms with Crippen LogP contribution >= 0.6 is 0 Å². The number of amides is 3. The highest BCUT2D eigenvalue weighted by atomic mass is 19.1. The van der Waals surface area contributed by atoms with Gasteiger partial charge in [0.15, 0.2) is 0 Å². The van der Waals surface area contributed by atoms with Gasteiger partial charge in [0.2, 0.25) is 5.91 Å². The summed E-state index contributed by atoms with van der Waals surface area (Å²) < 4.78 is 25.2. The molecule has 184 valence electrons. The Balaban J connectivity index is 1.62. The van der Waals surface area contributed by atoms with Gasteiger partial charge in [-0.3, -0.25) is 9.69 Å². The van der Waals surface area contributed by atoms with Crippen LogP contribution in [-0.4, -0.2) is 71.6 Å². The number of aliphatic hydroxyl groups is 1. The maximum Gasteiger partial charge on any atom is 0.414 e. The SMILES string of the molecule is CC(=O)NC[C@H]1CN(c2ccc(C#CC3(O)CCN(C(=O)OC(C)(C)C)CC3)c(F)c2)C(=O)O1. The Kier molecular flexibility index (Phi) is 7.36. The van der Waals surface area contributed by atoms with Gasteiger partial charge < -0.3 is 24.8 Å². The van der Waals surface area contributed by atoms with Crippen molar-refractivity contribution in [1.29, 1.82) is 0 Å². The molecule has 34 heavy (non-hydrogen) atoms. The van der Waals surface area contributed by atoms with Crippen LogP contribution in [0.2, 0.25) is 0 Å². The molecule has 10 heteroatoms. The van der Waals surface area contributed by atoms with E-state index in [1.54, 1.807) is 26.8 Å². The zero-order valence-electron chi connectivity index (χ0n) is 19.8. The molecule has 9 nitrogen and oxygen atoms in total. The van der Waals surface area contributed by atoms with Crippen LogP contribution in [0, 0.1) is 17.7 Å². The van der Waals surface area contributed by atoms with Crippen molar-refractivity contribution < 1.29 is 33.4 Å². The minimum atomic E-state index is -1.35. The molecule has 0 aromatic heterocycles. The molecule has 3 rings (SSSR count). The standard InChI is InChI=1S/C24H30FN3O6/c1-16(29)26-14-19-15-28(22(31)33-19)18-6-5-17(20(25)13-18)7-8-24(32)9-11-27(12-10-24)21(30)34-23(2,3)4/h5-6,13,19,32H,9-12,14-15H2,1-4H3,(H,26,29)/t19-/m0/s1. The Hall–Kier alpha value is -3.32. The number of halogens is 1. The predicted molar refractivity (Wildman–Crippen MR) is 122 cm³/mol. The second-order valence-corrected chi connectivity index (χ2v) is 9.47. The van der Waals surface area contributed by atoms with E-state index >= 15 is 0 Å². The maximum absolute atomic E-state index is 14.7. The Morgan fingerprint density at radius 1 is 1.32 bits per heavy atom. The van der Waals surface area contributed by atoms with Crippen LogP contribution in [0.3, 0.4) is 0 Å². The first-order chi connectivity index (χ1) is 15.8. The molecule has 1 aromatic carbocycles. The molecule has 2 heterocycles. The van der Waals surface area contributed by atoms with E-state index in [0.717, 1.165) is 0 Å². The fraction of sp³-hybridized carbons (Fsp3) is 0.542. The third-order valence-electron chi connectivity index (χ3n) is 5.39. The number of anilines is 1. The molecule has 2 fully saturated rings. The quantitative estimate of drug-likeness (QED) is 0.650. The number of likely N-dealkylation sites (tertiary alicyclic amines) is 1. The molecule has 0 spiro atoms. The second-order valence-electron chi connectivity index (χ2n) is 9.47. The number of piperidine rings is 1. The third kappa shape index (κ3) is 6.60. The van der Waals surface area contributed by atoms with Crippen LogP contribution < -0.4 is 10.2 Å². The smallest absolute Gasteiger partial charge is 0.414 e. The summed E-state index contributed by atoms with van der Waals surface area (Å²) in [5, 5.41) is 13.3. The molecule has 0 radical (unpaired) electrons. The normalized spacial score (nSPS) is 19.7. The molecule has 1 aromatic rings. The molecule has 2 aliphatic heterocycles. The predicted octanol–water partition coefficient (Wildman–Crippen LogP) is 2.40. The summed E-state index contributed by atoms with van der Waals surface area (Å²) >= 11 is 0. The van der Waals surface area contributed by atoms with Crippen molar-refractivity contribution in [2.45, 2.75) is 57.8 Å². The Morgan fingerprint density at radius 3 is 2.59 bits per heavy atom. The average molecular weight is 476 g/mol. The number of ether oxygens (including phenoxy) is 2. The fourth-order valence-corrected chi connectivity index (χ4v) is 3.56. The summed E-state index contributed by atoms with van der Waals surface area (Å²) in [6.07, 6.45) is -1.16. The highest BCUT2D eigenvalue weighted by molar-refractivity contribution is 5.90. The maximum atomic E-state index is 14.7. The number of carbonyl (C=O) groups is 3. The highest BCUT2D eigenvalue weighted by Crippen LogP contribution is 2.25. The second kappa shape index (κ2) is 9.89. The lowest BCUT2D eigenvalue weighted by Gasteiger charge is -2.35. The average Bonchev–Trinajstić information content (AvgIpc) is 3.11. The van der Waals surface area contributed by atoms with Gasteiger partial charge in [0.1, 0.15) is 23.1 Å². The van der Waals surface area contributed by atoms with E-state index in [9.17, 15) is 23.9 Å². The molecule has 2 saturated heterocycles. The van der Waals surface area contributed by atoms with E-state index in [0.29, 0.717) is 5.69 Å². The van der Waals surface area contributed by atoms with Gasteiger partial charge in [-0.1, -0.05) is 11.8 Å². The van der Waals surface area contributed by atoms with E-state index in [1.807, 2.05) is 0 Å². The number of hydrogen-bond donors (Lipinski definition) is 2. The number of hydrogen-bond acceptors (Lipinski definition) is 6. The summed E-state index contributed by atoms with van der Waals surface area (Å²) in [6.45, 7) is 7.62. The molecule has 2 N–H and O–H groups in total. The van der Waals surface area contributed by atoms with Gasteiger partial charge in [0.25, 0.3) is 0 Å². The molecule has 3 amide bonds. The lowest BCUT2D eigenvalue weighted by molar-refractivity contribution is -0.119. The summed E-state index contributed by atoms with van der Waals surface area (Å²) in [4.78, 5) is 38.1. The van der Waals surface area contributed by atoms with Crippen molar-refractivity contribution in [1.82, 2.24) is 10.2 Å². The van der Waals surface area contributed by atoms with Gasteiger partial charge in [-0.2, -0.15) is 0 Å². The lowest BCUT2D eigenvalue weighted by Crippen LogP contribution is -2.47. The molecular formula is C24H30FN3O6. The summed E-state index contributed by atoms with van der Waals surface area (Å²) in [5.41, 5.74) is -1.57. The summed E-state index contributed by atoms with van der Waals surface area (Å²) in [5.74, 6) is 4.54. The minimum Gasteiger partial charge on any atom is -0.444 e. The van der Waals surface area contributed by atoms with Crippen molar-refractivity contribution in [2.24, 2.45) is 0 Å². The lowest BCUT2D eigenvalue weighted by atomic mass is 9.92. The van der Waals surface area contributed by atoms with Crippen molar-refractivity contribution in [2.75, 3.05) is 31.1 Å². The first kappa shape index (κ1) is 25.3. The molecule has 0 saturated carbocycles. The zero-order valence-corrected chi connectivity index (χ0v) is 19.8. The van der Waals surface area contributed by atoms with E-state index in [4.69, 9.17) is 9.47 Å². The highest BCUT2D eigenvalue weighted by Gasteiger charge is 2.35. The van der Waals surface area contributed by atoms with Gasteiger partial charge in [-0.15, -0.1) is 0 Å². The first-order valence-corrected chi connectivity index (χ1v) is 11.1. The summed E-state index contributed by atoms with van der Waals surface area (Å²) in [7, 11) is 0. The van der Waals surface area contributed by atoms with Crippen LogP contribution in [0.25, 0.3) is 0 Å². The zero-order chi connectivity index (χ0) is 25.1. The third-order valence-corrected chi connectivity index (χ3v) is 5.39. The number of carbonyl (C=O) groups excluding carboxylic acids is 3. The van der Waals surface area contributed by atoms with E-state index in [-0.39, 0.29) is 50.5 Å². The number of nitrogens with one attached hydrogen (secondary N) is 1. The van der Waals surface area contributed by atoms with Crippen LogP contribution in [0.15, 0.2) is 18.2 Å². The van der Waals surface area contributed by atoms with E-state index < -0.39 is 35.3 Å². The summed E-state index contributed by atoms with van der Waals surface area (Å²) in [6, 6.07) is 4.16. The van der Waals surface area contributed by atoms with Crippen LogP contribution in [0.5, 0.6) is 0 Å². The molecule has 0 unspecified atom stereocenters. The van der Waals surface area contributed by atoms with E-state index in [1.165, 1.54) is 28.9 Å². The largest absolute Gasteiger partial charge is 0.444 e. The van der Waals surface area contributed by atoms with E-state index in [2.05, 4.69) is 17.2 Å². The number of benzene rings is 1. The van der Waals surface area contributed by atoms with Crippen molar-refractivity contribution in [3.05, 3.63) is 29.6 Å². The van der Waals surface area contributed by atoms with Crippen molar-refractivity contribution in [3.8, 4) is 11.8 Å². The number of rotatable bonds is 3. The van der Waals surface area contributed by atoms with Crippen LogP contribution in [-0.2, 0) is 14.3 Å². The van der Waals surface area contributed by atoms with Crippen LogP contribution in [0.1, 0.15) is 46.1 Å². The molecule has 2 aliphatic rings. The van der Waals surface area contributed by atoms with Gasteiger partial charge in [0.05, 0.1) is 24.3 Å². The molecule has 1 atom stereocenters. The van der Waals surface area contributed by atoms with Gasteiger partial charge in [0, 0.05) is 32.9 Å².